The van der Waals surface area contributed by atoms with Crippen molar-refractivity contribution in [3.8, 4) is 0 Å². The van der Waals surface area contributed by atoms with Gasteiger partial charge < -0.3 is 21.1 Å². The lowest BCUT2D eigenvalue weighted by Crippen LogP contribution is -2.45. The molecule has 3 amide bonds. The Morgan fingerprint density at radius 1 is 1.29 bits per heavy atom. The maximum Gasteiger partial charge on any atom is 0.329 e. The third-order valence-corrected chi connectivity index (χ3v) is 3.05. The minimum Gasteiger partial charge on any atom is -0.454 e. The summed E-state index contributed by atoms with van der Waals surface area (Å²) in [5, 5.41) is 4.58. The van der Waals surface area contributed by atoms with Crippen LogP contribution in [-0.4, -0.2) is 30.6 Å². The highest BCUT2D eigenvalue weighted by Gasteiger charge is 2.23. The Bertz CT molecular complexity index is 619. The minimum atomic E-state index is -0.939. The zero-order valence-electron chi connectivity index (χ0n) is 13.9. The van der Waals surface area contributed by atoms with E-state index in [4.69, 9.17) is 10.5 Å². The Labute approximate surface area is 139 Å². The SMILES string of the molecule is Cc1ccc(NC(=O)COC(=O)C(CC(C)C)NC(N)=O)c(F)c1. The van der Waals surface area contributed by atoms with Gasteiger partial charge >= 0.3 is 12.0 Å². The molecule has 7 nitrogen and oxygen atoms in total. The second-order valence-corrected chi connectivity index (χ2v) is 5.83. The smallest absolute Gasteiger partial charge is 0.329 e. The molecule has 0 aliphatic carbocycles. The van der Waals surface area contributed by atoms with Gasteiger partial charge in [0, 0.05) is 0 Å². The van der Waals surface area contributed by atoms with Crippen LogP contribution in [0.3, 0.4) is 0 Å². The highest BCUT2D eigenvalue weighted by Crippen LogP contribution is 2.15. The van der Waals surface area contributed by atoms with Crippen LogP contribution in [0.2, 0.25) is 0 Å². The zero-order chi connectivity index (χ0) is 18.3. The van der Waals surface area contributed by atoms with Crippen molar-refractivity contribution in [3.63, 3.8) is 0 Å². The Hall–Kier alpha value is -2.64. The number of hydrogen-bond donors (Lipinski definition) is 3. The molecule has 0 radical (unpaired) electrons. The van der Waals surface area contributed by atoms with E-state index in [1.807, 2.05) is 13.8 Å². The molecule has 0 aliphatic heterocycles. The number of amides is 3. The van der Waals surface area contributed by atoms with Gasteiger partial charge in [0.15, 0.2) is 6.61 Å². The van der Waals surface area contributed by atoms with Crippen molar-refractivity contribution < 1.29 is 23.5 Å². The number of anilines is 1. The number of carbonyl (C=O) groups is 3. The molecular weight excluding hydrogens is 317 g/mol. The average molecular weight is 339 g/mol. The fraction of sp³-hybridized carbons (Fsp3) is 0.438. The number of nitrogens with one attached hydrogen (secondary N) is 2. The molecule has 1 rings (SSSR count). The van der Waals surface area contributed by atoms with Crippen LogP contribution in [0.15, 0.2) is 18.2 Å². The standard InChI is InChI=1S/C16H22FN3O4/c1-9(2)6-13(20-16(18)23)15(22)24-8-14(21)19-12-5-4-10(3)7-11(12)17/h4-5,7,9,13H,6,8H2,1-3H3,(H,19,21)(H3,18,20,23). The summed E-state index contributed by atoms with van der Waals surface area (Å²) in [7, 11) is 0. The van der Waals surface area contributed by atoms with E-state index in [-0.39, 0.29) is 11.6 Å². The number of aryl methyl sites for hydroxylation is 1. The summed E-state index contributed by atoms with van der Waals surface area (Å²) in [6.45, 7) is 4.84. The van der Waals surface area contributed by atoms with Crippen LogP contribution < -0.4 is 16.4 Å². The summed E-state index contributed by atoms with van der Waals surface area (Å²) >= 11 is 0. The third-order valence-electron chi connectivity index (χ3n) is 3.05. The van der Waals surface area contributed by atoms with Gasteiger partial charge in [-0.05, 0) is 37.0 Å². The van der Waals surface area contributed by atoms with Crippen LogP contribution >= 0.6 is 0 Å². The van der Waals surface area contributed by atoms with Gasteiger partial charge in [-0.2, -0.15) is 0 Å². The summed E-state index contributed by atoms with van der Waals surface area (Å²) in [5.41, 5.74) is 5.72. The second kappa shape index (κ2) is 8.85. The molecule has 132 valence electrons. The monoisotopic (exact) mass is 339 g/mol. The van der Waals surface area contributed by atoms with Gasteiger partial charge in [-0.1, -0.05) is 19.9 Å². The number of halogens is 1. The van der Waals surface area contributed by atoms with Crippen molar-refractivity contribution >= 4 is 23.6 Å². The molecule has 1 atom stereocenters. The Morgan fingerprint density at radius 2 is 1.96 bits per heavy atom. The zero-order valence-corrected chi connectivity index (χ0v) is 13.9. The lowest BCUT2D eigenvalue weighted by Gasteiger charge is -2.18. The molecule has 0 fully saturated rings. The first-order chi connectivity index (χ1) is 11.2. The molecule has 0 aliphatic rings. The maximum absolute atomic E-state index is 13.6. The minimum absolute atomic E-state index is 0.00404. The molecular formula is C16H22FN3O4. The van der Waals surface area contributed by atoms with Gasteiger partial charge in [0.25, 0.3) is 5.91 Å². The number of carbonyl (C=O) groups excluding carboxylic acids is 3. The largest absolute Gasteiger partial charge is 0.454 e. The van der Waals surface area contributed by atoms with Crippen molar-refractivity contribution in [2.45, 2.75) is 33.2 Å². The molecule has 0 aromatic heterocycles. The molecule has 24 heavy (non-hydrogen) atoms. The van der Waals surface area contributed by atoms with Crippen molar-refractivity contribution in [2.24, 2.45) is 11.7 Å². The van der Waals surface area contributed by atoms with Crippen LogP contribution in [0.1, 0.15) is 25.8 Å². The molecule has 0 bridgehead atoms. The normalized spacial score (nSPS) is 11.7. The van der Waals surface area contributed by atoms with Gasteiger partial charge in [-0.3, -0.25) is 4.79 Å². The van der Waals surface area contributed by atoms with Gasteiger partial charge in [0.1, 0.15) is 11.9 Å². The van der Waals surface area contributed by atoms with Crippen LogP contribution in [0.4, 0.5) is 14.9 Å². The first-order valence-electron chi connectivity index (χ1n) is 7.47. The van der Waals surface area contributed by atoms with E-state index in [0.29, 0.717) is 12.0 Å². The van der Waals surface area contributed by atoms with Crippen LogP contribution in [0.25, 0.3) is 0 Å². The van der Waals surface area contributed by atoms with E-state index in [2.05, 4.69) is 10.6 Å². The first kappa shape index (κ1) is 19.4. The maximum atomic E-state index is 13.6. The summed E-state index contributed by atoms with van der Waals surface area (Å²) in [4.78, 5) is 34.6. The molecule has 1 unspecified atom stereocenters. The Kier molecular flexibility index (Phi) is 7.16. The molecule has 0 spiro atoms. The van der Waals surface area contributed by atoms with E-state index in [9.17, 15) is 18.8 Å². The molecule has 8 heteroatoms. The highest BCUT2D eigenvalue weighted by molar-refractivity contribution is 5.93. The van der Waals surface area contributed by atoms with Crippen LogP contribution in [0.5, 0.6) is 0 Å². The fourth-order valence-corrected chi connectivity index (χ4v) is 2.00. The Balaban J connectivity index is 2.57. The number of urea groups is 1. The fourth-order valence-electron chi connectivity index (χ4n) is 2.00. The first-order valence-corrected chi connectivity index (χ1v) is 7.47. The number of hydrogen-bond acceptors (Lipinski definition) is 4. The average Bonchev–Trinajstić information content (AvgIpc) is 2.46. The van der Waals surface area contributed by atoms with E-state index < -0.39 is 36.4 Å². The van der Waals surface area contributed by atoms with Crippen molar-refractivity contribution in [1.82, 2.24) is 5.32 Å². The molecule has 0 saturated heterocycles. The molecule has 1 aromatic rings. The molecule has 4 N–H and O–H groups in total. The Morgan fingerprint density at radius 3 is 2.50 bits per heavy atom. The van der Waals surface area contributed by atoms with Gasteiger partial charge in [-0.25, -0.2) is 14.0 Å². The summed E-state index contributed by atoms with van der Waals surface area (Å²) in [5.74, 6) is -1.94. The number of esters is 1. The van der Waals surface area contributed by atoms with E-state index >= 15 is 0 Å². The number of ether oxygens (including phenoxy) is 1. The quantitative estimate of drug-likeness (QED) is 0.657. The second-order valence-electron chi connectivity index (χ2n) is 5.83. The number of benzene rings is 1. The lowest BCUT2D eigenvalue weighted by atomic mass is 10.0. The number of nitrogens with two attached hydrogens (primary N) is 1. The molecule has 1 aromatic carbocycles. The summed E-state index contributed by atoms with van der Waals surface area (Å²) < 4.78 is 18.5. The summed E-state index contributed by atoms with van der Waals surface area (Å²) in [6.07, 6.45) is 0.315. The van der Waals surface area contributed by atoms with Crippen LogP contribution in [0, 0.1) is 18.7 Å². The number of primary amides is 1. The van der Waals surface area contributed by atoms with Gasteiger partial charge in [-0.15, -0.1) is 0 Å². The van der Waals surface area contributed by atoms with Crippen molar-refractivity contribution in [1.29, 1.82) is 0 Å². The van der Waals surface area contributed by atoms with Gasteiger partial charge in [0.05, 0.1) is 5.69 Å². The highest BCUT2D eigenvalue weighted by atomic mass is 19.1. The van der Waals surface area contributed by atoms with Crippen LogP contribution in [-0.2, 0) is 14.3 Å². The van der Waals surface area contributed by atoms with E-state index in [1.165, 1.54) is 12.1 Å². The van der Waals surface area contributed by atoms with Crippen molar-refractivity contribution in [2.75, 3.05) is 11.9 Å². The van der Waals surface area contributed by atoms with Crippen molar-refractivity contribution in [3.05, 3.63) is 29.6 Å². The van der Waals surface area contributed by atoms with E-state index in [0.717, 1.165) is 0 Å². The van der Waals surface area contributed by atoms with E-state index in [1.54, 1.807) is 13.0 Å². The van der Waals surface area contributed by atoms with Gasteiger partial charge in [0.2, 0.25) is 0 Å². The molecule has 0 saturated carbocycles. The summed E-state index contributed by atoms with van der Waals surface area (Å²) in [6, 6.07) is 2.54. The lowest BCUT2D eigenvalue weighted by molar-refractivity contribution is -0.149. The predicted octanol–water partition coefficient (Wildman–Crippen LogP) is 1.70. The predicted molar refractivity (Wildman–Crippen MR) is 86.7 cm³/mol. The topological polar surface area (TPSA) is 111 Å². The number of rotatable bonds is 7. The third kappa shape index (κ3) is 6.64. The molecule has 0 heterocycles.